The predicted octanol–water partition coefficient (Wildman–Crippen LogP) is 2.90. The molecule has 0 aliphatic heterocycles. The average Bonchev–Trinajstić information content (AvgIpc) is 2.24. The van der Waals surface area contributed by atoms with Gasteiger partial charge in [0.15, 0.2) is 0 Å². The highest BCUT2D eigenvalue weighted by atomic mass is 14.5. The van der Waals surface area contributed by atoms with Gasteiger partial charge in [0.2, 0.25) is 0 Å². The van der Waals surface area contributed by atoms with Crippen LogP contribution in [-0.2, 0) is 6.42 Å². The van der Waals surface area contributed by atoms with Crippen LogP contribution >= 0.6 is 0 Å². The van der Waals surface area contributed by atoms with Crippen molar-refractivity contribution >= 4 is 6.08 Å². The first-order valence-electron chi connectivity index (χ1n) is 4.62. The summed E-state index contributed by atoms with van der Waals surface area (Å²) in [5, 5.41) is 0. The lowest BCUT2D eigenvalue weighted by atomic mass is 10.0. The summed E-state index contributed by atoms with van der Waals surface area (Å²) in [6.45, 7) is 3.65. The Morgan fingerprint density at radius 2 is 2.07 bits per heavy atom. The number of hydrogen-bond acceptors (Lipinski definition) is 1. The van der Waals surface area contributed by atoms with Crippen LogP contribution in [0.5, 0.6) is 0 Å². The molecule has 0 aromatic heterocycles. The van der Waals surface area contributed by atoms with E-state index >= 15 is 0 Å². The van der Waals surface area contributed by atoms with E-state index in [0.717, 1.165) is 6.42 Å². The number of benzene rings is 1. The number of nitrogens with two attached hydrogens (primary N) is 1. The quantitative estimate of drug-likeness (QED) is 0.717. The van der Waals surface area contributed by atoms with Gasteiger partial charge >= 0.3 is 0 Å². The van der Waals surface area contributed by atoms with Crippen molar-refractivity contribution in [2.75, 3.05) is 0 Å². The number of hydrogen-bond donors (Lipinski definition) is 1. The second-order valence-electron chi connectivity index (χ2n) is 2.93. The standard InChI is InChI=1S/C13H15N/c1-2-3-7-12-8-4-5-9-13(12)10-6-11-14/h2-9,11H,1,10,14H2/b7-3?,11-6+. The lowest BCUT2D eigenvalue weighted by Crippen LogP contribution is -1.87. The summed E-state index contributed by atoms with van der Waals surface area (Å²) in [7, 11) is 0. The van der Waals surface area contributed by atoms with E-state index in [1.165, 1.54) is 11.1 Å². The Kier molecular flexibility index (Phi) is 4.29. The van der Waals surface area contributed by atoms with Crippen molar-refractivity contribution in [2.45, 2.75) is 6.42 Å². The number of rotatable bonds is 4. The van der Waals surface area contributed by atoms with Crippen LogP contribution in [0, 0.1) is 0 Å². The Morgan fingerprint density at radius 1 is 1.29 bits per heavy atom. The Labute approximate surface area is 85.3 Å². The summed E-state index contributed by atoms with van der Waals surface area (Å²) in [6, 6.07) is 8.24. The van der Waals surface area contributed by atoms with E-state index in [9.17, 15) is 0 Å². The molecule has 0 aliphatic carbocycles. The van der Waals surface area contributed by atoms with Gasteiger partial charge in [-0.25, -0.2) is 0 Å². The van der Waals surface area contributed by atoms with Crippen LogP contribution in [0.2, 0.25) is 0 Å². The summed E-state index contributed by atoms with van der Waals surface area (Å²) in [5.41, 5.74) is 7.80. The molecule has 72 valence electrons. The summed E-state index contributed by atoms with van der Waals surface area (Å²) in [6.07, 6.45) is 10.1. The Morgan fingerprint density at radius 3 is 2.79 bits per heavy atom. The first-order valence-corrected chi connectivity index (χ1v) is 4.62. The molecule has 0 atom stereocenters. The molecule has 2 N–H and O–H groups in total. The lowest BCUT2D eigenvalue weighted by molar-refractivity contribution is 1.24. The van der Waals surface area contributed by atoms with Gasteiger partial charge < -0.3 is 5.73 Å². The van der Waals surface area contributed by atoms with Gasteiger partial charge in [-0.15, -0.1) is 0 Å². The van der Waals surface area contributed by atoms with E-state index in [4.69, 9.17) is 5.73 Å². The molecule has 1 nitrogen and oxygen atoms in total. The van der Waals surface area contributed by atoms with Crippen LogP contribution in [0.3, 0.4) is 0 Å². The third-order valence-electron chi connectivity index (χ3n) is 1.94. The number of allylic oxidation sites excluding steroid dienone is 3. The van der Waals surface area contributed by atoms with Crippen LogP contribution in [0.15, 0.2) is 55.3 Å². The maximum Gasteiger partial charge on any atom is -0.00743 e. The molecule has 0 spiro atoms. The molecule has 1 aromatic rings. The smallest absolute Gasteiger partial charge is 0.00743 e. The van der Waals surface area contributed by atoms with Gasteiger partial charge in [0.1, 0.15) is 0 Å². The zero-order valence-electron chi connectivity index (χ0n) is 8.19. The van der Waals surface area contributed by atoms with Crippen molar-refractivity contribution in [2.24, 2.45) is 5.73 Å². The minimum Gasteiger partial charge on any atom is -0.405 e. The molecule has 1 aromatic carbocycles. The highest BCUT2D eigenvalue weighted by molar-refractivity contribution is 5.55. The first-order chi connectivity index (χ1) is 6.88. The molecule has 0 unspecified atom stereocenters. The minimum atomic E-state index is 0.869. The maximum atomic E-state index is 5.31. The molecule has 0 radical (unpaired) electrons. The SMILES string of the molecule is C=CC=Cc1ccccc1C/C=C/N. The van der Waals surface area contributed by atoms with Crippen molar-refractivity contribution in [3.05, 3.63) is 66.4 Å². The average molecular weight is 185 g/mol. The first kappa shape index (κ1) is 10.3. The summed E-state index contributed by atoms with van der Waals surface area (Å²) in [5.74, 6) is 0. The third-order valence-corrected chi connectivity index (χ3v) is 1.94. The van der Waals surface area contributed by atoms with Gasteiger partial charge in [0.05, 0.1) is 0 Å². The Hall–Kier alpha value is -1.76. The van der Waals surface area contributed by atoms with Gasteiger partial charge in [0.25, 0.3) is 0 Å². The van der Waals surface area contributed by atoms with Gasteiger partial charge in [-0.3, -0.25) is 0 Å². The van der Waals surface area contributed by atoms with Crippen molar-refractivity contribution in [1.82, 2.24) is 0 Å². The fraction of sp³-hybridized carbons (Fsp3) is 0.0769. The maximum absolute atomic E-state index is 5.31. The summed E-state index contributed by atoms with van der Waals surface area (Å²) < 4.78 is 0. The van der Waals surface area contributed by atoms with E-state index in [1.54, 1.807) is 12.3 Å². The van der Waals surface area contributed by atoms with E-state index in [2.05, 4.69) is 18.7 Å². The predicted molar refractivity (Wildman–Crippen MR) is 62.7 cm³/mol. The molecular formula is C13H15N. The van der Waals surface area contributed by atoms with E-state index in [1.807, 2.05) is 30.4 Å². The van der Waals surface area contributed by atoms with Crippen LogP contribution in [0.1, 0.15) is 11.1 Å². The molecule has 0 aliphatic rings. The molecule has 0 amide bonds. The second kappa shape index (κ2) is 5.81. The molecule has 1 heteroatoms. The highest BCUT2D eigenvalue weighted by Gasteiger charge is 1.94. The molecule has 0 saturated carbocycles. The van der Waals surface area contributed by atoms with Crippen molar-refractivity contribution < 1.29 is 0 Å². The molecule has 14 heavy (non-hydrogen) atoms. The molecule has 1 rings (SSSR count). The zero-order valence-corrected chi connectivity index (χ0v) is 8.19. The van der Waals surface area contributed by atoms with Gasteiger partial charge in [-0.1, -0.05) is 55.1 Å². The Balaban J connectivity index is 2.90. The summed E-state index contributed by atoms with van der Waals surface area (Å²) >= 11 is 0. The normalized spacial score (nSPS) is 11.1. The van der Waals surface area contributed by atoms with Crippen molar-refractivity contribution in [1.29, 1.82) is 0 Å². The van der Waals surface area contributed by atoms with Gasteiger partial charge in [-0.05, 0) is 23.7 Å². The van der Waals surface area contributed by atoms with Gasteiger partial charge in [-0.2, -0.15) is 0 Å². The van der Waals surface area contributed by atoms with Crippen LogP contribution in [0.25, 0.3) is 6.08 Å². The zero-order chi connectivity index (χ0) is 10.2. The van der Waals surface area contributed by atoms with Crippen molar-refractivity contribution in [3.63, 3.8) is 0 Å². The monoisotopic (exact) mass is 185 g/mol. The topological polar surface area (TPSA) is 26.0 Å². The van der Waals surface area contributed by atoms with Crippen LogP contribution < -0.4 is 5.73 Å². The van der Waals surface area contributed by atoms with E-state index in [-0.39, 0.29) is 0 Å². The molecule has 0 saturated heterocycles. The minimum absolute atomic E-state index is 0.869. The lowest BCUT2D eigenvalue weighted by Gasteiger charge is -2.01. The largest absolute Gasteiger partial charge is 0.405 e. The van der Waals surface area contributed by atoms with E-state index < -0.39 is 0 Å². The molecule has 0 heterocycles. The van der Waals surface area contributed by atoms with Gasteiger partial charge in [0, 0.05) is 0 Å². The van der Waals surface area contributed by atoms with E-state index in [0.29, 0.717) is 0 Å². The highest BCUT2D eigenvalue weighted by Crippen LogP contribution is 2.11. The fourth-order valence-corrected chi connectivity index (χ4v) is 1.25. The van der Waals surface area contributed by atoms with Crippen molar-refractivity contribution in [3.8, 4) is 0 Å². The molecular weight excluding hydrogens is 170 g/mol. The third kappa shape index (κ3) is 2.94. The Bertz CT molecular complexity index is 348. The van der Waals surface area contributed by atoms with Crippen LogP contribution in [-0.4, -0.2) is 0 Å². The summed E-state index contributed by atoms with van der Waals surface area (Å²) in [4.78, 5) is 0. The second-order valence-corrected chi connectivity index (χ2v) is 2.93. The molecule has 0 fully saturated rings. The molecule has 0 bridgehead atoms. The fourth-order valence-electron chi connectivity index (χ4n) is 1.25. The van der Waals surface area contributed by atoms with Crippen LogP contribution in [0.4, 0.5) is 0 Å².